The number of ether oxygens (including phenoxy) is 1. The van der Waals surface area contributed by atoms with Crippen LogP contribution in [0, 0.1) is 5.41 Å². The Balaban J connectivity index is 2.92. The number of hydrogen-bond acceptors (Lipinski definition) is 5. The molecule has 2 atom stereocenters. The topological polar surface area (TPSA) is 110 Å². The van der Waals surface area contributed by atoms with E-state index in [1.807, 2.05) is 20.8 Å². The fraction of sp³-hybridized carbons (Fsp3) is 0.875. The predicted octanol–water partition coefficient (Wildman–Crippen LogP) is 2.06. The molecule has 7 nitrogen and oxygen atoms in total. The van der Waals surface area contributed by atoms with Crippen molar-refractivity contribution in [2.24, 2.45) is 5.41 Å². The lowest BCUT2D eigenvalue weighted by atomic mass is 9.75. The van der Waals surface area contributed by atoms with Crippen molar-refractivity contribution < 1.29 is 27.3 Å². The zero-order chi connectivity index (χ0) is 18.6. The second kappa shape index (κ2) is 7.82. The van der Waals surface area contributed by atoms with Crippen LogP contribution in [0.25, 0.3) is 0 Å². The first kappa shape index (κ1) is 20.9. The first-order chi connectivity index (χ1) is 10.9. The van der Waals surface area contributed by atoms with E-state index in [0.717, 1.165) is 6.42 Å². The molecule has 1 rings (SSSR count). The summed E-state index contributed by atoms with van der Waals surface area (Å²) in [4.78, 5) is 23.7. The van der Waals surface area contributed by atoms with Gasteiger partial charge in [0.1, 0.15) is 5.60 Å². The molecule has 0 aliphatic carbocycles. The number of esters is 1. The number of hydrogen-bond donors (Lipinski definition) is 2. The molecule has 1 aliphatic heterocycles. The summed E-state index contributed by atoms with van der Waals surface area (Å²) in [7, 11) is -4.12. The van der Waals surface area contributed by atoms with Gasteiger partial charge in [-0.25, -0.2) is 0 Å². The molecule has 1 heterocycles. The fourth-order valence-electron chi connectivity index (χ4n) is 3.16. The highest BCUT2D eigenvalue weighted by Gasteiger charge is 2.46. The molecule has 0 bridgehead atoms. The molecular formula is C16H29NO6S. The normalized spacial score (nSPS) is 25.0. The van der Waals surface area contributed by atoms with Gasteiger partial charge in [0.15, 0.2) is 0 Å². The van der Waals surface area contributed by atoms with Gasteiger partial charge in [0, 0.05) is 19.4 Å². The maximum absolute atomic E-state index is 12.3. The van der Waals surface area contributed by atoms with Crippen LogP contribution in [0.15, 0.2) is 0 Å². The highest BCUT2D eigenvalue weighted by Crippen LogP contribution is 2.42. The van der Waals surface area contributed by atoms with E-state index in [4.69, 9.17) is 9.29 Å². The zero-order valence-electron chi connectivity index (χ0n) is 14.9. The third-order valence-electron chi connectivity index (χ3n) is 4.52. The Morgan fingerprint density at radius 3 is 2.46 bits per heavy atom. The Kier molecular flexibility index (Phi) is 6.81. The molecule has 0 aromatic rings. The number of amides is 1. The van der Waals surface area contributed by atoms with Crippen molar-refractivity contribution in [2.45, 2.75) is 77.9 Å². The van der Waals surface area contributed by atoms with Gasteiger partial charge in [0.05, 0.1) is 11.2 Å². The lowest BCUT2D eigenvalue weighted by Gasteiger charge is -2.44. The first-order valence-corrected chi connectivity index (χ1v) is 9.96. The first-order valence-electron chi connectivity index (χ1n) is 8.35. The highest BCUT2D eigenvalue weighted by atomic mass is 32.2. The van der Waals surface area contributed by atoms with Crippen molar-refractivity contribution in [1.29, 1.82) is 0 Å². The number of carbonyl (C=O) groups excluding carboxylic acids is 2. The minimum atomic E-state index is -4.12. The van der Waals surface area contributed by atoms with Gasteiger partial charge in [-0.05, 0) is 39.5 Å². The highest BCUT2D eigenvalue weighted by molar-refractivity contribution is 7.85. The molecule has 1 aliphatic rings. The number of carbonyl (C=O) groups is 2. The largest absolute Gasteiger partial charge is 0.459 e. The minimum absolute atomic E-state index is 0.0742. The van der Waals surface area contributed by atoms with Crippen LogP contribution >= 0.6 is 0 Å². The summed E-state index contributed by atoms with van der Waals surface area (Å²) >= 11 is 0. The lowest BCUT2D eigenvalue weighted by molar-refractivity contribution is -0.185. The summed E-state index contributed by atoms with van der Waals surface area (Å²) in [6.45, 7) is 7.02. The summed E-state index contributed by atoms with van der Waals surface area (Å²) in [5.74, 6) is -0.998. The molecule has 24 heavy (non-hydrogen) atoms. The van der Waals surface area contributed by atoms with E-state index in [2.05, 4.69) is 5.32 Å². The molecule has 0 aromatic heterocycles. The molecule has 1 saturated heterocycles. The van der Waals surface area contributed by atoms with Crippen LogP contribution in [0.3, 0.4) is 0 Å². The van der Waals surface area contributed by atoms with Crippen molar-refractivity contribution in [2.75, 3.05) is 5.75 Å². The molecule has 140 valence electrons. The quantitative estimate of drug-likeness (QED) is 0.504. The van der Waals surface area contributed by atoms with Gasteiger partial charge >= 0.3 is 5.97 Å². The Hall–Kier alpha value is -1.15. The van der Waals surface area contributed by atoms with E-state index in [1.165, 1.54) is 6.92 Å². The molecule has 2 N–H and O–H groups in total. The van der Waals surface area contributed by atoms with Gasteiger partial charge < -0.3 is 10.1 Å². The van der Waals surface area contributed by atoms with Crippen LogP contribution in [0.2, 0.25) is 0 Å². The second-order valence-electron chi connectivity index (χ2n) is 7.38. The van der Waals surface area contributed by atoms with E-state index in [-0.39, 0.29) is 18.3 Å². The van der Waals surface area contributed by atoms with Gasteiger partial charge in [-0.2, -0.15) is 8.42 Å². The van der Waals surface area contributed by atoms with Crippen LogP contribution in [0.5, 0.6) is 0 Å². The van der Waals surface area contributed by atoms with E-state index in [1.54, 1.807) is 0 Å². The molecule has 1 fully saturated rings. The average Bonchev–Trinajstić information content (AvgIpc) is 2.40. The van der Waals surface area contributed by atoms with Crippen molar-refractivity contribution in [3.8, 4) is 0 Å². The maximum atomic E-state index is 12.3. The monoisotopic (exact) mass is 363 g/mol. The number of rotatable bonds is 8. The third kappa shape index (κ3) is 6.39. The molecule has 0 aromatic carbocycles. The number of cyclic esters (lactones) is 1. The fourth-order valence-corrected chi connectivity index (χ4v) is 3.74. The summed E-state index contributed by atoms with van der Waals surface area (Å²) in [5.41, 5.74) is -1.23. The molecule has 8 heteroatoms. The van der Waals surface area contributed by atoms with E-state index < -0.39 is 32.9 Å². The van der Waals surface area contributed by atoms with Gasteiger partial charge in [-0.3, -0.25) is 14.1 Å². The number of nitrogens with one attached hydrogen (secondary N) is 1. The summed E-state index contributed by atoms with van der Waals surface area (Å²) < 4.78 is 36.8. The molecule has 0 radical (unpaired) electrons. The van der Waals surface area contributed by atoms with Crippen molar-refractivity contribution >= 4 is 22.0 Å². The van der Waals surface area contributed by atoms with E-state index in [0.29, 0.717) is 25.7 Å². The molecular weight excluding hydrogens is 334 g/mol. The average molecular weight is 363 g/mol. The SMILES string of the molecule is CCC[C@]1(CC(CCS(=O)(=O)O)NC(C)=O)CCC(C)(C)C(=O)O1. The molecule has 1 unspecified atom stereocenters. The van der Waals surface area contributed by atoms with Gasteiger partial charge in [0.25, 0.3) is 10.1 Å². The zero-order valence-corrected chi connectivity index (χ0v) is 15.7. The Morgan fingerprint density at radius 2 is 2.00 bits per heavy atom. The van der Waals surface area contributed by atoms with Crippen LogP contribution in [-0.2, 0) is 24.4 Å². The van der Waals surface area contributed by atoms with Gasteiger partial charge in [0.2, 0.25) is 5.91 Å². The smallest absolute Gasteiger partial charge is 0.312 e. The summed E-state index contributed by atoms with van der Waals surface area (Å²) in [5, 5.41) is 2.71. The lowest BCUT2D eigenvalue weighted by Crippen LogP contribution is -2.50. The third-order valence-corrected chi connectivity index (χ3v) is 5.27. The standard InChI is InChI=1S/C16H29NO6S/c1-5-7-16(9-8-15(3,4)14(19)23-16)11-13(17-12(2)18)6-10-24(20,21)22/h13H,5-11H2,1-4H3,(H,17,18)(H,20,21,22)/t13?,16-/m1/s1. The van der Waals surface area contributed by atoms with Crippen molar-refractivity contribution in [3.63, 3.8) is 0 Å². The van der Waals surface area contributed by atoms with Crippen LogP contribution in [0.1, 0.15) is 66.2 Å². The minimum Gasteiger partial charge on any atom is -0.459 e. The van der Waals surface area contributed by atoms with Crippen LogP contribution in [0.4, 0.5) is 0 Å². The Bertz CT molecular complexity index is 571. The molecule has 0 spiro atoms. The Morgan fingerprint density at radius 1 is 1.38 bits per heavy atom. The molecule has 0 saturated carbocycles. The van der Waals surface area contributed by atoms with Crippen molar-refractivity contribution in [1.82, 2.24) is 5.32 Å². The second-order valence-corrected chi connectivity index (χ2v) is 8.95. The summed E-state index contributed by atoms with van der Waals surface area (Å²) in [6.07, 6.45) is 3.22. The predicted molar refractivity (Wildman–Crippen MR) is 90.0 cm³/mol. The summed E-state index contributed by atoms with van der Waals surface area (Å²) in [6, 6.07) is -0.481. The van der Waals surface area contributed by atoms with Crippen LogP contribution < -0.4 is 5.32 Å². The Labute approximate surface area is 144 Å². The van der Waals surface area contributed by atoms with E-state index >= 15 is 0 Å². The van der Waals surface area contributed by atoms with E-state index in [9.17, 15) is 18.0 Å². The van der Waals surface area contributed by atoms with Crippen LogP contribution in [-0.4, -0.2) is 42.2 Å². The molecule has 1 amide bonds. The van der Waals surface area contributed by atoms with Gasteiger partial charge in [-0.1, -0.05) is 13.3 Å². The maximum Gasteiger partial charge on any atom is 0.312 e. The van der Waals surface area contributed by atoms with Crippen molar-refractivity contribution in [3.05, 3.63) is 0 Å². The van der Waals surface area contributed by atoms with Gasteiger partial charge in [-0.15, -0.1) is 0 Å².